The Morgan fingerprint density at radius 1 is 1.62 bits per heavy atom. The summed E-state index contributed by atoms with van der Waals surface area (Å²) in [7, 11) is 0. The van der Waals surface area contributed by atoms with E-state index in [0.717, 1.165) is 9.37 Å². The van der Waals surface area contributed by atoms with E-state index in [2.05, 4.69) is 20.9 Å². The van der Waals surface area contributed by atoms with Crippen LogP contribution in [0.3, 0.4) is 0 Å². The second kappa shape index (κ2) is 5.59. The first-order valence-electron chi connectivity index (χ1n) is 3.75. The molecule has 0 amide bonds. The van der Waals surface area contributed by atoms with E-state index in [1.54, 1.807) is 12.4 Å². The summed E-state index contributed by atoms with van der Waals surface area (Å²) < 4.78 is 0.908. The fourth-order valence-corrected chi connectivity index (χ4v) is 2.14. The van der Waals surface area contributed by atoms with Crippen LogP contribution in [0.5, 0.6) is 0 Å². The molecule has 1 unspecified atom stereocenters. The second-order valence-electron chi connectivity index (χ2n) is 2.45. The van der Waals surface area contributed by atoms with Crippen LogP contribution in [0.2, 0.25) is 0 Å². The molecule has 13 heavy (non-hydrogen) atoms. The van der Waals surface area contributed by atoms with Gasteiger partial charge in [0, 0.05) is 27.5 Å². The molecule has 0 aromatic carbocycles. The minimum atomic E-state index is -0.662. The Balaban J connectivity index is 2.50. The van der Waals surface area contributed by atoms with Crippen molar-refractivity contribution in [3.05, 3.63) is 22.9 Å². The molecule has 1 rings (SSSR count). The van der Waals surface area contributed by atoms with Gasteiger partial charge in [0.05, 0.1) is 12.7 Å². The molecule has 0 bridgehead atoms. The van der Waals surface area contributed by atoms with Crippen molar-refractivity contribution in [2.45, 2.75) is 11.0 Å². The molecule has 0 aliphatic carbocycles. The Labute approximate surface area is 89.3 Å². The van der Waals surface area contributed by atoms with Gasteiger partial charge in [0.15, 0.2) is 0 Å². The largest absolute Gasteiger partial charge is 0.394 e. The zero-order chi connectivity index (χ0) is 9.68. The number of thioether (sulfide) groups is 1. The van der Waals surface area contributed by atoms with Gasteiger partial charge in [-0.15, -0.1) is 11.8 Å². The minimum Gasteiger partial charge on any atom is -0.394 e. The van der Waals surface area contributed by atoms with Crippen molar-refractivity contribution in [2.75, 3.05) is 12.4 Å². The normalized spacial score (nSPS) is 12.8. The van der Waals surface area contributed by atoms with Crippen LogP contribution in [-0.4, -0.2) is 33.7 Å². The zero-order valence-corrected chi connectivity index (χ0v) is 9.25. The maximum absolute atomic E-state index is 9.11. The summed E-state index contributed by atoms with van der Waals surface area (Å²) in [5, 5.41) is 17.7. The zero-order valence-electron chi connectivity index (χ0n) is 6.85. The summed E-state index contributed by atoms with van der Waals surface area (Å²) in [4.78, 5) is 4.94. The smallest absolute Gasteiger partial charge is 0.0864 e. The van der Waals surface area contributed by atoms with Crippen LogP contribution in [0.4, 0.5) is 0 Å². The lowest BCUT2D eigenvalue weighted by atomic mass is 10.4. The topological polar surface area (TPSA) is 53.4 Å². The average Bonchev–Trinajstić information content (AvgIpc) is 2.16. The van der Waals surface area contributed by atoms with Crippen molar-refractivity contribution < 1.29 is 10.2 Å². The molecule has 0 aliphatic rings. The van der Waals surface area contributed by atoms with Gasteiger partial charge in [-0.05, 0) is 22.0 Å². The van der Waals surface area contributed by atoms with Gasteiger partial charge in [0.2, 0.25) is 0 Å². The molecule has 3 nitrogen and oxygen atoms in total. The molecular formula is C8H10BrNO2S. The van der Waals surface area contributed by atoms with Gasteiger partial charge in [-0.25, -0.2) is 0 Å². The van der Waals surface area contributed by atoms with Gasteiger partial charge in [-0.2, -0.15) is 0 Å². The van der Waals surface area contributed by atoms with Crippen LogP contribution in [0.1, 0.15) is 0 Å². The van der Waals surface area contributed by atoms with Crippen molar-refractivity contribution in [3.8, 4) is 0 Å². The molecule has 0 saturated heterocycles. The number of rotatable bonds is 4. The fraction of sp³-hybridized carbons (Fsp3) is 0.375. The number of nitrogens with zero attached hydrogens (tertiary/aromatic N) is 1. The fourth-order valence-electron chi connectivity index (χ4n) is 0.718. The molecule has 5 heteroatoms. The van der Waals surface area contributed by atoms with Crippen LogP contribution in [0.15, 0.2) is 27.8 Å². The first-order chi connectivity index (χ1) is 6.24. The molecule has 0 aliphatic heterocycles. The third-order valence-electron chi connectivity index (χ3n) is 1.38. The van der Waals surface area contributed by atoms with E-state index >= 15 is 0 Å². The van der Waals surface area contributed by atoms with Crippen molar-refractivity contribution in [1.29, 1.82) is 0 Å². The summed E-state index contributed by atoms with van der Waals surface area (Å²) in [6.07, 6.45) is 2.73. The van der Waals surface area contributed by atoms with Crippen LogP contribution in [0, 0.1) is 0 Å². The quantitative estimate of drug-likeness (QED) is 0.805. The Morgan fingerprint density at radius 3 is 3.00 bits per heavy atom. The van der Waals surface area contributed by atoms with Gasteiger partial charge in [-0.3, -0.25) is 4.98 Å². The van der Waals surface area contributed by atoms with E-state index in [-0.39, 0.29) is 6.61 Å². The average molecular weight is 264 g/mol. The van der Waals surface area contributed by atoms with E-state index in [9.17, 15) is 0 Å². The van der Waals surface area contributed by atoms with Crippen LogP contribution in [0.25, 0.3) is 0 Å². The Hall–Kier alpha value is -0.100. The van der Waals surface area contributed by atoms with E-state index in [1.165, 1.54) is 11.8 Å². The number of hydrogen-bond acceptors (Lipinski definition) is 4. The Kier molecular flexibility index (Phi) is 4.72. The molecule has 0 saturated carbocycles. The highest BCUT2D eigenvalue weighted by Gasteiger charge is 2.04. The molecule has 1 atom stereocenters. The van der Waals surface area contributed by atoms with Gasteiger partial charge < -0.3 is 10.2 Å². The van der Waals surface area contributed by atoms with E-state index in [1.807, 2.05) is 6.07 Å². The van der Waals surface area contributed by atoms with Gasteiger partial charge in [0.1, 0.15) is 0 Å². The predicted octanol–water partition coefficient (Wildman–Crippen LogP) is 1.29. The van der Waals surface area contributed by atoms with Gasteiger partial charge in [0.25, 0.3) is 0 Å². The van der Waals surface area contributed by atoms with E-state index in [4.69, 9.17) is 10.2 Å². The molecule has 1 aromatic rings. The highest BCUT2D eigenvalue weighted by molar-refractivity contribution is 9.10. The maximum Gasteiger partial charge on any atom is 0.0864 e. The van der Waals surface area contributed by atoms with Crippen molar-refractivity contribution in [2.24, 2.45) is 0 Å². The van der Waals surface area contributed by atoms with Crippen molar-refractivity contribution in [3.63, 3.8) is 0 Å². The molecular weight excluding hydrogens is 254 g/mol. The van der Waals surface area contributed by atoms with Gasteiger partial charge in [-0.1, -0.05) is 0 Å². The lowest BCUT2D eigenvalue weighted by Crippen LogP contribution is -2.14. The summed E-state index contributed by atoms with van der Waals surface area (Å²) in [6, 6.07) is 1.86. The number of halogens is 1. The number of aliphatic hydroxyl groups is 2. The molecule has 0 radical (unpaired) electrons. The maximum atomic E-state index is 9.11. The molecule has 1 aromatic heterocycles. The third kappa shape index (κ3) is 3.64. The van der Waals surface area contributed by atoms with Gasteiger partial charge >= 0.3 is 0 Å². The highest BCUT2D eigenvalue weighted by atomic mass is 79.9. The molecule has 72 valence electrons. The number of hydrogen-bond donors (Lipinski definition) is 2. The standard InChI is InChI=1S/C8H10BrNO2S/c9-7-3-10-2-1-8(7)13-5-6(12)4-11/h1-3,6,11-12H,4-5H2. The monoisotopic (exact) mass is 263 g/mol. The lowest BCUT2D eigenvalue weighted by Gasteiger charge is -2.06. The Morgan fingerprint density at radius 2 is 2.38 bits per heavy atom. The number of aromatic nitrogens is 1. The molecule has 0 fully saturated rings. The van der Waals surface area contributed by atoms with Crippen LogP contribution in [-0.2, 0) is 0 Å². The van der Waals surface area contributed by atoms with E-state index < -0.39 is 6.10 Å². The van der Waals surface area contributed by atoms with Crippen molar-refractivity contribution in [1.82, 2.24) is 4.98 Å². The van der Waals surface area contributed by atoms with Crippen LogP contribution >= 0.6 is 27.7 Å². The summed E-state index contributed by atoms with van der Waals surface area (Å²) in [5.41, 5.74) is 0. The lowest BCUT2D eigenvalue weighted by molar-refractivity contribution is 0.113. The SMILES string of the molecule is OCC(O)CSc1ccncc1Br. The predicted molar refractivity (Wildman–Crippen MR) is 55.8 cm³/mol. The summed E-state index contributed by atoms with van der Waals surface area (Å²) in [6.45, 7) is -0.199. The van der Waals surface area contributed by atoms with Crippen LogP contribution < -0.4 is 0 Å². The molecule has 0 spiro atoms. The van der Waals surface area contributed by atoms with Crippen molar-refractivity contribution >= 4 is 27.7 Å². The minimum absolute atomic E-state index is 0.199. The Bertz CT molecular complexity index is 272. The first-order valence-corrected chi connectivity index (χ1v) is 5.53. The van der Waals surface area contributed by atoms with E-state index in [0.29, 0.717) is 5.75 Å². The highest BCUT2D eigenvalue weighted by Crippen LogP contribution is 2.26. The molecule has 2 N–H and O–H groups in total. The summed E-state index contributed by atoms with van der Waals surface area (Å²) >= 11 is 4.82. The number of aliphatic hydroxyl groups excluding tert-OH is 2. The summed E-state index contributed by atoms with van der Waals surface area (Å²) in [5.74, 6) is 0.485. The molecule has 1 heterocycles. The number of pyridine rings is 1. The third-order valence-corrected chi connectivity index (χ3v) is 3.49. The second-order valence-corrected chi connectivity index (χ2v) is 4.37. The first kappa shape index (κ1) is 11.0.